The maximum absolute atomic E-state index is 12.5. The standard InChI is InChI=1S/C24H27N5O3S/c1-28(17-19-16-26-29(18-19)20-10-4-2-5-11-20)23(30)14-6-3-9-15-25-24-21-12-7-8-13-22(21)33(31,32)27-24/h2,4-5,7-8,10-13,16,18H,3,6,9,14-15,17H2,1H3,(H,25,27). The van der Waals surface area contributed by atoms with E-state index in [1.54, 1.807) is 47.1 Å². The number of carbonyl (C=O) groups is 1. The van der Waals surface area contributed by atoms with Crippen molar-refractivity contribution >= 4 is 21.8 Å². The molecule has 1 aromatic heterocycles. The number of benzene rings is 2. The van der Waals surface area contributed by atoms with Gasteiger partial charge in [0.2, 0.25) is 5.91 Å². The topological polar surface area (TPSA) is 96.7 Å². The minimum absolute atomic E-state index is 0.0891. The van der Waals surface area contributed by atoms with Gasteiger partial charge < -0.3 is 4.90 Å². The van der Waals surface area contributed by atoms with E-state index in [-0.39, 0.29) is 10.8 Å². The average Bonchev–Trinajstić information content (AvgIpc) is 3.39. The van der Waals surface area contributed by atoms with Gasteiger partial charge in [0.05, 0.1) is 16.8 Å². The first-order valence-electron chi connectivity index (χ1n) is 10.9. The molecule has 0 unspecified atom stereocenters. The van der Waals surface area contributed by atoms with Crippen LogP contribution in [0.25, 0.3) is 5.69 Å². The fourth-order valence-corrected chi connectivity index (χ4v) is 4.97. The molecule has 1 N–H and O–H groups in total. The smallest absolute Gasteiger partial charge is 0.263 e. The van der Waals surface area contributed by atoms with E-state index in [0.717, 1.165) is 30.5 Å². The van der Waals surface area contributed by atoms with Gasteiger partial charge in [-0.05, 0) is 37.1 Å². The summed E-state index contributed by atoms with van der Waals surface area (Å²) in [5.41, 5.74) is 2.57. The molecular formula is C24H27N5O3S. The molecule has 1 aliphatic rings. The first kappa shape index (κ1) is 22.7. The molecule has 33 heavy (non-hydrogen) atoms. The Kier molecular flexibility index (Phi) is 6.88. The van der Waals surface area contributed by atoms with Gasteiger partial charge in [-0.25, -0.2) is 13.1 Å². The predicted octanol–water partition coefficient (Wildman–Crippen LogP) is 3.13. The van der Waals surface area contributed by atoms with Crippen LogP contribution in [0.5, 0.6) is 0 Å². The summed E-state index contributed by atoms with van der Waals surface area (Å²) in [5, 5.41) is 4.37. The van der Waals surface area contributed by atoms with E-state index in [1.165, 1.54) is 0 Å². The lowest BCUT2D eigenvalue weighted by Crippen LogP contribution is -2.25. The molecule has 0 atom stereocenters. The minimum atomic E-state index is -3.50. The second-order valence-electron chi connectivity index (χ2n) is 8.02. The normalized spacial score (nSPS) is 15.2. The fraction of sp³-hybridized carbons (Fsp3) is 0.292. The molecule has 0 spiro atoms. The Balaban J connectivity index is 1.19. The highest BCUT2D eigenvalue weighted by molar-refractivity contribution is 7.90. The summed E-state index contributed by atoms with van der Waals surface area (Å²) in [6, 6.07) is 16.7. The Morgan fingerprint density at radius 3 is 2.64 bits per heavy atom. The Morgan fingerprint density at radius 2 is 1.82 bits per heavy atom. The molecule has 2 aromatic carbocycles. The number of amides is 1. The molecule has 8 nitrogen and oxygen atoms in total. The van der Waals surface area contributed by atoms with Crippen molar-refractivity contribution in [2.75, 3.05) is 13.6 Å². The van der Waals surface area contributed by atoms with Crippen molar-refractivity contribution in [2.45, 2.75) is 37.1 Å². The molecule has 3 aromatic rings. The van der Waals surface area contributed by atoms with Crippen LogP contribution in [0, 0.1) is 0 Å². The molecule has 1 amide bonds. The number of carbonyl (C=O) groups excluding carboxylic acids is 1. The third-order valence-electron chi connectivity index (χ3n) is 5.48. The molecule has 0 fully saturated rings. The number of para-hydroxylation sites is 1. The molecule has 9 heteroatoms. The Hall–Kier alpha value is -3.46. The highest BCUT2D eigenvalue weighted by Gasteiger charge is 2.29. The van der Waals surface area contributed by atoms with Crippen molar-refractivity contribution in [3.63, 3.8) is 0 Å². The highest BCUT2D eigenvalue weighted by atomic mass is 32.2. The summed E-state index contributed by atoms with van der Waals surface area (Å²) < 4.78 is 28.5. The van der Waals surface area contributed by atoms with Crippen molar-refractivity contribution in [1.29, 1.82) is 0 Å². The Labute approximate surface area is 194 Å². The molecule has 0 saturated carbocycles. The second kappa shape index (κ2) is 9.99. The Morgan fingerprint density at radius 1 is 1.06 bits per heavy atom. The summed E-state index contributed by atoms with van der Waals surface area (Å²) in [6.45, 7) is 1.02. The number of amidine groups is 1. The quantitative estimate of drug-likeness (QED) is 0.491. The zero-order valence-electron chi connectivity index (χ0n) is 18.5. The van der Waals surface area contributed by atoms with E-state index in [1.807, 2.05) is 36.5 Å². The molecular weight excluding hydrogens is 438 g/mol. The van der Waals surface area contributed by atoms with E-state index in [9.17, 15) is 13.2 Å². The number of fused-ring (bicyclic) bond motifs is 1. The second-order valence-corrected chi connectivity index (χ2v) is 9.67. The first-order chi connectivity index (χ1) is 15.9. The number of nitrogens with one attached hydrogen (secondary N) is 1. The van der Waals surface area contributed by atoms with E-state index >= 15 is 0 Å². The SMILES string of the molecule is CN(Cc1cnn(-c2ccccc2)c1)C(=O)CCCCCN=C1NS(=O)(=O)c2ccccc21. The van der Waals surface area contributed by atoms with Gasteiger partial charge in [0.15, 0.2) is 0 Å². The largest absolute Gasteiger partial charge is 0.341 e. The number of hydrogen-bond acceptors (Lipinski definition) is 5. The van der Waals surface area contributed by atoms with Gasteiger partial charge in [-0.15, -0.1) is 0 Å². The monoisotopic (exact) mass is 465 g/mol. The van der Waals surface area contributed by atoms with Crippen LogP contribution in [0.2, 0.25) is 0 Å². The molecule has 0 radical (unpaired) electrons. The minimum Gasteiger partial charge on any atom is -0.341 e. The Bertz CT molecular complexity index is 1250. The van der Waals surface area contributed by atoms with Crippen LogP contribution in [0.4, 0.5) is 0 Å². The van der Waals surface area contributed by atoms with Crippen molar-refractivity contribution < 1.29 is 13.2 Å². The summed E-state index contributed by atoms with van der Waals surface area (Å²) in [5.74, 6) is 0.490. The van der Waals surface area contributed by atoms with Crippen molar-refractivity contribution in [1.82, 2.24) is 19.4 Å². The maximum atomic E-state index is 12.5. The lowest BCUT2D eigenvalue weighted by atomic mass is 10.1. The molecule has 0 saturated heterocycles. The summed E-state index contributed by atoms with van der Waals surface area (Å²) in [6.07, 6.45) is 6.58. The molecule has 172 valence electrons. The highest BCUT2D eigenvalue weighted by Crippen LogP contribution is 2.22. The predicted molar refractivity (Wildman–Crippen MR) is 127 cm³/mol. The van der Waals surface area contributed by atoms with Crippen LogP contribution in [0.15, 0.2) is 76.9 Å². The number of aromatic nitrogens is 2. The third kappa shape index (κ3) is 5.48. The maximum Gasteiger partial charge on any atom is 0.263 e. The van der Waals surface area contributed by atoms with Gasteiger partial charge in [-0.3, -0.25) is 14.5 Å². The van der Waals surface area contributed by atoms with Gasteiger partial charge >= 0.3 is 0 Å². The zero-order valence-corrected chi connectivity index (χ0v) is 19.3. The van der Waals surface area contributed by atoms with Crippen LogP contribution in [-0.4, -0.2) is 48.4 Å². The number of aliphatic imine (C=N–C) groups is 1. The first-order valence-corrected chi connectivity index (χ1v) is 12.4. The van der Waals surface area contributed by atoms with Crippen LogP contribution in [0.3, 0.4) is 0 Å². The van der Waals surface area contributed by atoms with E-state index in [2.05, 4.69) is 14.8 Å². The summed E-state index contributed by atoms with van der Waals surface area (Å²) in [4.78, 5) is 18.9. The number of unbranched alkanes of at least 4 members (excludes halogenated alkanes) is 2. The van der Waals surface area contributed by atoms with Crippen molar-refractivity contribution in [3.8, 4) is 5.69 Å². The zero-order chi connectivity index (χ0) is 23.3. The van der Waals surface area contributed by atoms with Crippen molar-refractivity contribution in [2.24, 2.45) is 4.99 Å². The average molecular weight is 466 g/mol. The lowest BCUT2D eigenvalue weighted by molar-refractivity contribution is -0.130. The van der Waals surface area contributed by atoms with E-state index in [0.29, 0.717) is 30.9 Å². The van der Waals surface area contributed by atoms with Gasteiger partial charge in [-0.2, -0.15) is 5.10 Å². The van der Waals surface area contributed by atoms with Crippen LogP contribution in [-0.2, 0) is 21.4 Å². The van der Waals surface area contributed by atoms with Crippen LogP contribution >= 0.6 is 0 Å². The molecule has 0 aliphatic carbocycles. The molecule has 1 aliphatic heterocycles. The fourth-order valence-electron chi connectivity index (χ4n) is 3.72. The van der Waals surface area contributed by atoms with Crippen LogP contribution < -0.4 is 4.72 Å². The van der Waals surface area contributed by atoms with Gasteiger partial charge in [0, 0.05) is 43.9 Å². The van der Waals surface area contributed by atoms with Gasteiger partial charge in [-0.1, -0.05) is 36.8 Å². The third-order valence-corrected chi connectivity index (χ3v) is 6.88. The number of sulfonamides is 1. The van der Waals surface area contributed by atoms with E-state index < -0.39 is 10.0 Å². The number of hydrogen-bond donors (Lipinski definition) is 1. The van der Waals surface area contributed by atoms with Crippen LogP contribution in [0.1, 0.15) is 36.8 Å². The molecule has 4 rings (SSSR count). The molecule has 0 bridgehead atoms. The molecule has 2 heterocycles. The van der Waals surface area contributed by atoms with E-state index in [4.69, 9.17) is 0 Å². The van der Waals surface area contributed by atoms with Gasteiger partial charge in [0.1, 0.15) is 5.84 Å². The van der Waals surface area contributed by atoms with Gasteiger partial charge in [0.25, 0.3) is 10.0 Å². The lowest BCUT2D eigenvalue weighted by Gasteiger charge is -2.16. The van der Waals surface area contributed by atoms with Crippen molar-refractivity contribution in [3.05, 3.63) is 78.1 Å². The number of nitrogens with zero attached hydrogens (tertiary/aromatic N) is 4. The summed E-state index contributed by atoms with van der Waals surface area (Å²) in [7, 11) is -1.70. The number of rotatable bonds is 9. The summed E-state index contributed by atoms with van der Waals surface area (Å²) >= 11 is 0.